The highest BCUT2D eigenvalue weighted by Gasteiger charge is 2.47. The van der Waals surface area contributed by atoms with E-state index in [4.69, 9.17) is 39.5 Å². The first-order valence-corrected chi connectivity index (χ1v) is 14.7. The molecule has 198 valence electrons. The highest BCUT2D eigenvalue weighted by Crippen LogP contribution is 2.39. The summed E-state index contributed by atoms with van der Waals surface area (Å²) in [4.78, 5) is 15.6. The predicted octanol–water partition coefficient (Wildman–Crippen LogP) is 4.89. The van der Waals surface area contributed by atoms with Gasteiger partial charge in [0.05, 0.1) is 39.9 Å². The second-order valence-corrected chi connectivity index (χ2v) is 13.3. The van der Waals surface area contributed by atoms with Crippen molar-refractivity contribution in [1.29, 1.82) is 5.26 Å². The fourth-order valence-corrected chi connectivity index (χ4v) is 7.64. The van der Waals surface area contributed by atoms with Crippen LogP contribution in [0, 0.1) is 17.2 Å². The molecular weight excluding hydrogens is 557 g/mol. The lowest BCUT2D eigenvalue weighted by molar-refractivity contribution is -0.131. The molecular formula is C26H28Cl3N3O4S. The van der Waals surface area contributed by atoms with Gasteiger partial charge in [-0.15, -0.1) is 0 Å². The lowest BCUT2D eigenvalue weighted by atomic mass is 9.88. The van der Waals surface area contributed by atoms with E-state index < -0.39 is 32.6 Å². The van der Waals surface area contributed by atoms with Gasteiger partial charge in [-0.2, -0.15) is 5.26 Å². The van der Waals surface area contributed by atoms with Gasteiger partial charge in [0.25, 0.3) is 0 Å². The van der Waals surface area contributed by atoms with E-state index in [2.05, 4.69) is 16.3 Å². The van der Waals surface area contributed by atoms with E-state index in [1.807, 2.05) is 19.2 Å². The van der Waals surface area contributed by atoms with Gasteiger partial charge in [0, 0.05) is 23.1 Å². The maximum absolute atomic E-state index is 13.6. The molecule has 2 aromatic rings. The average molecular weight is 585 g/mol. The van der Waals surface area contributed by atoms with Gasteiger partial charge in [-0.1, -0.05) is 46.9 Å². The Labute approximate surface area is 232 Å². The van der Waals surface area contributed by atoms with Gasteiger partial charge < -0.3 is 15.0 Å². The second-order valence-electron chi connectivity index (χ2n) is 9.78. The third-order valence-corrected chi connectivity index (χ3v) is 10.4. The SMILES string of the molecule is CN1CCC(C#N)(NC(=O)[C@@H]2C[C@@H](S(=O)(=O)c3ccc(Cl)cc3Cl)C[C@H]2OCc2ccc(Cl)cc2)CC1. The van der Waals surface area contributed by atoms with Crippen LogP contribution in [0.4, 0.5) is 0 Å². The summed E-state index contributed by atoms with van der Waals surface area (Å²) >= 11 is 18.2. The van der Waals surface area contributed by atoms with Gasteiger partial charge in [-0.25, -0.2) is 8.42 Å². The monoisotopic (exact) mass is 583 g/mol. The van der Waals surface area contributed by atoms with E-state index in [1.165, 1.54) is 18.2 Å². The van der Waals surface area contributed by atoms with Crippen molar-refractivity contribution in [3.8, 4) is 6.07 Å². The van der Waals surface area contributed by atoms with Crippen molar-refractivity contribution in [2.75, 3.05) is 20.1 Å². The molecule has 1 saturated carbocycles. The standard InChI is InChI=1S/C26H28Cl3N3O4S/c1-32-10-8-26(16-30,9-11-32)31-25(33)21-13-20(37(34,35)24-7-6-19(28)12-22(24)29)14-23(21)36-15-17-2-4-18(27)5-3-17/h2-7,12,20-21,23H,8-11,13-15H2,1H3,(H,31,33)/t20-,21-,23-/m1/s1. The number of nitrogens with zero attached hydrogens (tertiary/aromatic N) is 2. The number of nitriles is 1. The van der Waals surface area contributed by atoms with Gasteiger partial charge in [-0.05, 0) is 68.6 Å². The molecule has 0 aromatic heterocycles. The van der Waals surface area contributed by atoms with Crippen LogP contribution < -0.4 is 5.32 Å². The number of ether oxygens (including phenoxy) is 1. The summed E-state index contributed by atoms with van der Waals surface area (Å²) in [6, 6.07) is 13.7. The van der Waals surface area contributed by atoms with Gasteiger partial charge in [0.15, 0.2) is 9.84 Å². The Morgan fingerprint density at radius 1 is 1.11 bits per heavy atom. The number of likely N-dealkylation sites (tertiary alicyclic amines) is 1. The summed E-state index contributed by atoms with van der Waals surface area (Å²) in [5.41, 5.74) is -0.139. The average Bonchev–Trinajstić information content (AvgIpc) is 3.30. The minimum atomic E-state index is -3.87. The number of hydrogen-bond acceptors (Lipinski definition) is 6. The van der Waals surface area contributed by atoms with Crippen molar-refractivity contribution in [2.45, 2.75) is 54.1 Å². The molecule has 37 heavy (non-hydrogen) atoms. The highest BCUT2D eigenvalue weighted by molar-refractivity contribution is 7.92. The number of piperidine rings is 1. The number of nitrogens with one attached hydrogen (secondary N) is 1. The lowest BCUT2D eigenvalue weighted by Gasteiger charge is -2.37. The first-order valence-electron chi connectivity index (χ1n) is 12.0. The third kappa shape index (κ3) is 6.42. The van der Waals surface area contributed by atoms with E-state index in [0.29, 0.717) is 36.0 Å². The van der Waals surface area contributed by atoms with E-state index in [9.17, 15) is 18.5 Å². The normalized spacial score (nSPS) is 23.9. The number of benzene rings is 2. The number of sulfone groups is 1. The van der Waals surface area contributed by atoms with Crippen molar-refractivity contribution in [3.63, 3.8) is 0 Å². The largest absolute Gasteiger partial charge is 0.373 e. The zero-order valence-electron chi connectivity index (χ0n) is 20.3. The van der Waals surface area contributed by atoms with Crippen molar-refractivity contribution in [3.05, 3.63) is 63.1 Å². The Balaban J connectivity index is 1.57. The smallest absolute Gasteiger partial charge is 0.227 e. The van der Waals surface area contributed by atoms with Gasteiger partial charge >= 0.3 is 0 Å². The van der Waals surface area contributed by atoms with E-state index >= 15 is 0 Å². The van der Waals surface area contributed by atoms with Crippen LogP contribution >= 0.6 is 34.8 Å². The maximum Gasteiger partial charge on any atom is 0.227 e. The van der Waals surface area contributed by atoms with Crippen LogP contribution in [0.1, 0.15) is 31.2 Å². The Bertz CT molecular complexity index is 1290. The zero-order chi connectivity index (χ0) is 26.8. The summed E-state index contributed by atoms with van der Waals surface area (Å²) in [5, 5.41) is 12.9. The van der Waals surface area contributed by atoms with Crippen molar-refractivity contribution in [2.24, 2.45) is 5.92 Å². The maximum atomic E-state index is 13.6. The third-order valence-electron chi connectivity index (χ3n) is 7.23. The minimum absolute atomic E-state index is 0.0233. The Kier molecular flexibility index (Phi) is 8.74. The molecule has 1 heterocycles. The molecule has 0 bridgehead atoms. The van der Waals surface area contributed by atoms with Crippen LogP contribution in [0.25, 0.3) is 0 Å². The first-order chi connectivity index (χ1) is 17.5. The molecule has 11 heteroatoms. The molecule has 1 saturated heterocycles. The second kappa shape index (κ2) is 11.5. The molecule has 1 aliphatic carbocycles. The van der Waals surface area contributed by atoms with Crippen LogP contribution in [0.5, 0.6) is 0 Å². The van der Waals surface area contributed by atoms with E-state index in [-0.39, 0.29) is 35.3 Å². The fraction of sp³-hybridized carbons (Fsp3) is 0.462. The summed E-state index contributed by atoms with van der Waals surface area (Å²) in [7, 11) is -1.90. The lowest BCUT2D eigenvalue weighted by Crippen LogP contribution is -2.55. The number of hydrogen-bond donors (Lipinski definition) is 1. The Morgan fingerprint density at radius 3 is 2.38 bits per heavy atom. The Hall–Kier alpha value is -1.86. The number of halogens is 3. The summed E-state index contributed by atoms with van der Waals surface area (Å²) in [6.45, 7) is 1.55. The molecule has 2 fully saturated rings. The molecule has 1 aliphatic heterocycles. The van der Waals surface area contributed by atoms with E-state index in [0.717, 1.165) is 5.56 Å². The molecule has 0 unspecified atom stereocenters. The fourth-order valence-electron chi connectivity index (χ4n) is 4.93. The quantitative estimate of drug-likeness (QED) is 0.498. The first kappa shape index (κ1) is 28.2. The van der Waals surface area contributed by atoms with Crippen LogP contribution in [-0.2, 0) is 26.0 Å². The van der Waals surface area contributed by atoms with E-state index in [1.54, 1.807) is 12.1 Å². The molecule has 4 rings (SSSR count). The number of rotatable bonds is 7. The van der Waals surface area contributed by atoms with Crippen LogP contribution in [0.2, 0.25) is 15.1 Å². The molecule has 2 aromatic carbocycles. The highest BCUT2D eigenvalue weighted by atomic mass is 35.5. The van der Waals surface area contributed by atoms with Crippen LogP contribution in [0.3, 0.4) is 0 Å². The number of carbonyl (C=O) groups excluding carboxylic acids is 1. The molecule has 1 N–H and O–H groups in total. The van der Waals surface area contributed by atoms with Crippen LogP contribution in [0.15, 0.2) is 47.4 Å². The summed E-state index contributed by atoms with van der Waals surface area (Å²) in [5.74, 6) is -1.12. The van der Waals surface area contributed by atoms with Gasteiger partial charge in [-0.3, -0.25) is 4.79 Å². The Morgan fingerprint density at radius 2 is 1.76 bits per heavy atom. The molecule has 7 nitrogen and oxygen atoms in total. The topological polar surface area (TPSA) is 99.5 Å². The van der Waals surface area contributed by atoms with Crippen molar-refractivity contribution < 1.29 is 17.9 Å². The van der Waals surface area contributed by atoms with Gasteiger partial charge in [0.2, 0.25) is 5.91 Å². The molecule has 0 spiro atoms. The molecule has 3 atom stereocenters. The predicted molar refractivity (Wildman–Crippen MR) is 143 cm³/mol. The molecule has 2 aliphatic rings. The van der Waals surface area contributed by atoms with Crippen LogP contribution in [-0.4, -0.2) is 56.3 Å². The number of amides is 1. The zero-order valence-corrected chi connectivity index (χ0v) is 23.4. The molecule has 0 radical (unpaired) electrons. The summed E-state index contributed by atoms with van der Waals surface area (Å²) in [6.07, 6.45) is 0.506. The van der Waals surface area contributed by atoms with Crippen molar-refractivity contribution >= 4 is 50.5 Å². The summed E-state index contributed by atoms with van der Waals surface area (Å²) < 4.78 is 33.2. The van der Waals surface area contributed by atoms with Gasteiger partial charge in [0.1, 0.15) is 5.54 Å². The van der Waals surface area contributed by atoms with Crippen molar-refractivity contribution in [1.82, 2.24) is 10.2 Å². The molecule has 1 amide bonds. The minimum Gasteiger partial charge on any atom is -0.373 e. The number of carbonyl (C=O) groups is 1.